The lowest BCUT2D eigenvalue weighted by Gasteiger charge is -2.16. The number of hydrogen-bond acceptors (Lipinski definition) is 6. The van der Waals surface area contributed by atoms with Crippen molar-refractivity contribution in [2.45, 2.75) is 12.3 Å². The minimum absolute atomic E-state index is 0.129. The summed E-state index contributed by atoms with van der Waals surface area (Å²) >= 11 is 0. The Balaban J connectivity index is 1.40. The Labute approximate surface area is 164 Å². The van der Waals surface area contributed by atoms with E-state index < -0.39 is 5.82 Å². The van der Waals surface area contributed by atoms with E-state index in [0.29, 0.717) is 29.6 Å². The Morgan fingerprint density at radius 3 is 2.97 bits per heavy atom. The van der Waals surface area contributed by atoms with Crippen molar-refractivity contribution >= 4 is 22.5 Å². The smallest absolute Gasteiger partial charge is 0.279 e. The van der Waals surface area contributed by atoms with Crippen molar-refractivity contribution in [1.29, 1.82) is 0 Å². The minimum atomic E-state index is -0.520. The summed E-state index contributed by atoms with van der Waals surface area (Å²) in [5, 5.41) is 12.1. The Morgan fingerprint density at radius 1 is 1.28 bits per heavy atom. The number of rotatable bonds is 4. The van der Waals surface area contributed by atoms with Crippen LogP contribution in [0.1, 0.15) is 18.2 Å². The van der Waals surface area contributed by atoms with Crippen LogP contribution in [0.4, 0.5) is 10.1 Å². The molecule has 0 aliphatic carbocycles. The third-order valence-corrected chi connectivity index (χ3v) is 5.05. The normalized spacial score (nSPS) is 16.7. The average Bonchev–Trinajstić information content (AvgIpc) is 3.45. The number of para-hydroxylation sites is 1. The first kappa shape index (κ1) is 17.4. The highest BCUT2D eigenvalue weighted by Crippen LogP contribution is 2.33. The van der Waals surface area contributed by atoms with Crippen molar-refractivity contribution in [1.82, 2.24) is 20.3 Å². The van der Waals surface area contributed by atoms with Crippen molar-refractivity contribution in [2.24, 2.45) is 0 Å². The van der Waals surface area contributed by atoms with E-state index >= 15 is 0 Å². The number of ether oxygens (including phenoxy) is 1. The first-order valence-electron chi connectivity index (χ1n) is 9.05. The Hall–Kier alpha value is -3.75. The number of halogens is 1. The lowest BCUT2D eigenvalue weighted by Crippen LogP contribution is -2.24. The van der Waals surface area contributed by atoms with E-state index in [2.05, 4.69) is 20.3 Å². The number of nitrogens with zero attached hydrogens (tertiary/aromatic N) is 4. The maximum absolute atomic E-state index is 14.0. The van der Waals surface area contributed by atoms with Gasteiger partial charge in [0.05, 0.1) is 12.6 Å². The molecule has 3 heterocycles. The van der Waals surface area contributed by atoms with E-state index in [0.717, 1.165) is 10.9 Å². The minimum Gasteiger partial charge on any atom is -0.494 e. The van der Waals surface area contributed by atoms with E-state index in [1.807, 2.05) is 24.3 Å². The van der Waals surface area contributed by atoms with Crippen molar-refractivity contribution in [2.75, 3.05) is 18.6 Å². The standard InChI is InChI=1S/C20H16FN5O3/c1-28-16-7-6-12(9-14(16)21)26-10-11(8-17(26)27)19-22-20(29-25-19)18-13-4-2-3-5-15(13)23-24-18/h2-7,9,11H,8,10H2,1H3,(H,23,24). The van der Waals surface area contributed by atoms with Gasteiger partial charge in [-0.2, -0.15) is 10.1 Å². The monoisotopic (exact) mass is 393 g/mol. The van der Waals surface area contributed by atoms with Crippen LogP contribution >= 0.6 is 0 Å². The van der Waals surface area contributed by atoms with Gasteiger partial charge < -0.3 is 14.2 Å². The molecule has 1 saturated heterocycles. The zero-order valence-corrected chi connectivity index (χ0v) is 15.4. The van der Waals surface area contributed by atoms with Crippen LogP contribution in [0.5, 0.6) is 5.75 Å². The van der Waals surface area contributed by atoms with Crippen LogP contribution in [0, 0.1) is 5.82 Å². The van der Waals surface area contributed by atoms with Gasteiger partial charge in [-0.3, -0.25) is 9.89 Å². The number of aromatic nitrogens is 4. The molecule has 4 aromatic rings. The number of hydrogen-bond donors (Lipinski definition) is 1. The van der Waals surface area contributed by atoms with Crippen LogP contribution in [0.2, 0.25) is 0 Å². The van der Waals surface area contributed by atoms with Crippen molar-refractivity contribution in [3.63, 3.8) is 0 Å². The molecule has 0 saturated carbocycles. The molecule has 1 atom stereocenters. The molecule has 1 aliphatic rings. The number of anilines is 1. The highest BCUT2D eigenvalue weighted by Gasteiger charge is 2.35. The molecule has 146 valence electrons. The number of H-pyrrole nitrogens is 1. The summed E-state index contributed by atoms with van der Waals surface area (Å²) in [4.78, 5) is 18.5. The summed E-state index contributed by atoms with van der Waals surface area (Å²) in [5.41, 5.74) is 1.90. The van der Waals surface area contributed by atoms with Gasteiger partial charge in [-0.15, -0.1) is 0 Å². The highest BCUT2D eigenvalue weighted by atomic mass is 19.1. The second kappa shape index (κ2) is 6.69. The summed E-state index contributed by atoms with van der Waals surface area (Å²) in [6.07, 6.45) is 0.216. The second-order valence-corrected chi connectivity index (χ2v) is 6.80. The third kappa shape index (κ3) is 2.91. The zero-order valence-electron chi connectivity index (χ0n) is 15.4. The molecular formula is C20H16FN5O3. The average molecular weight is 393 g/mol. The number of methoxy groups -OCH3 is 1. The Kier molecular flexibility index (Phi) is 4.01. The fourth-order valence-corrected chi connectivity index (χ4v) is 3.58. The topological polar surface area (TPSA) is 97.1 Å². The quantitative estimate of drug-likeness (QED) is 0.572. The number of nitrogens with one attached hydrogen (secondary N) is 1. The zero-order chi connectivity index (χ0) is 20.0. The summed E-state index contributed by atoms with van der Waals surface area (Å²) in [6, 6.07) is 12.1. The van der Waals surface area contributed by atoms with Crippen LogP contribution in [-0.2, 0) is 4.79 Å². The van der Waals surface area contributed by atoms with Crippen LogP contribution in [0.15, 0.2) is 47.0 Å². The molecule has 0 bridgehead atoms. The van der Waals surface area contributed by atoms with E-state index in [1.165, 1.54) is 24.1 Å². The largest absolute Gasteiger partial charge is 0.494 e. The molecule has 2 aromatic heterocycles. The van der Waals surface area contributed by atoms with Gasteiger partial charge in [-0.1, -0.05) is 23.4 Å². The van der Waals surface area contributed by atoms with E-state index in [1.54, 1.807) is 6.07 Å². The Morgan fingerprint density at radius 2 is 2.14 bits per heavy atom. The first-order valence-corrected chi connectivity index (χ1v) is 9.05. The highest BCUT2D eigenvalue weighted by molar-refractivity contribution is 5.96. The molecule has 0 radical (unpaired) electrons. The molecule has 1 unspecified atom stereocenters. The molecule has 1 N–H and O–H groups in total. The number of amides is 1. The third-order valence-electron chi connectivity index (χ3n) is 5.05. The molecule has 2 aromatic carbocycles. The van der Waals surface area contributed by atoms with Crippen molar-refractivity contribution in [3.05, 3.63) is 54.1 Å². The molecule has 29 heavy (non-hydrogen) atoms. The van der Waals surface area contributed by atoms with Gasteiger partial charge in [0.15, 0.2) is 23.1 Å². The maximum Gasteiger partial charge on any atom is 0.279 e. The summed E-state index contributed by atoms with van der Waals surface area (Å²) in [5.74, 6) is -0.0539. The van der Waals surface area contributed by atoms with Gasteiger partial charge in [0.2, 0.25) is 5.91 Å². The summed E-state index contributed by atoms with van der Waals surface area (Å²) < 4.78 is 24.4. The molecule has 0 spiro atoms. The SMILES string of the molecule is COc1ccc(N2CC(c3noc(-c4n[nH]c5ccccc45)n3)CC2=O)cc1F. The van der Waals surface area contributed by atoms with Crippen LogP contribution < -0.4 is 9.64 Å². The number of carbonyl (C=O) groups is 1. The second-order valence-electron chi connectivity index (χ2n) is 6.80. The number of benzene rings is 2. The van der Waals surface area contributed by atoms with E-state index in [9.17, 15) is 9.18 Å². The Bertz CT molecular complexity index is 1220. The van der Waals surface area contributed by atoms with Gasteiger partial charge >= 0.3 is 0 Å². The molecule has 1 amide bonds. The van der Waals surface area contributed by atoms with E-state index in [-0.39, 0.29) is 24.0 Å². The van der Waals surface area contributed by atoms with Gasteiger partial charge in [0.1, 0.15) is 0 Å². The van der Waals surface area contributed by atoms with Gasteiger partial charge in [-0.05, 0) is 18.2 Å². The molecule has 8 nitrogen and oxygen atoms in total. The number of aromatic amines is 1. The first-order chi connectivity index (χ1) is 14.1. The fraction of sp³-hybridized carbons (Fsp3) is 0.200. The van der Waals surface area contributed by atoms with Crippen molar-refractivity contribution in [3.8, 4) is 17.3 Å². The van der Waals surface area contributed by atoms with Gasteiger partial charge in [0, 0.05) is 36.0 Å². The molecule has 9 heteroatoms. The molecule has 5 rings (SSSR count). The van der Waals surface area contributed by atoms with Gasteiger partial charge in [-0.25, -0.2) is 4.39 Å². The lowest BCUT2D eigenvalue weighted by molar-refractivity contribution is -0.117. The molecule has 1 fully saturated rings. The fourth-order valence-electron chi connectivity index (χ4n) is 3.58. The van der Waals surface area contributed by atoms with Crippen molar-refractivity contribution < 1.29 is 18.4 Å². The van der Waals surface area contributed by atoms with Crippen LogP contribution in [0.25, 0.3) is 22.5 Å². The molecular weight excluding hydrogens is 377 g/mol. The predicted octanol–water partition coefficient (Wildman–Crippen LogP) is 3.28. The molecule has 1 aliphatic heterocycles. The van der Waals surface area contributed by atoms with E-state index in [4.69, 9.17) is 9.26 Å². The van der Waals surface area contributed by atoms with Gasteiger partial charge in [0.25, 0.3) is 5.89 Å². The summed E-state index contributed by atoms with van der Waals surface area (Å²) in [6.45, 7) is 0.338. The predicted molar refractivity (Wildman–Crippen MR) is 102 cm³/mol. The number of fused-ring (bicyclic) bond motifs is 1. The van der Waals surface area contributed by atoms with Crippen LogP contribution in [-0.4, -0.2) is 39.9 Å². The van der Waals surface area contributed by atoms with Crippen LogP contribution in [0.3, 0.4) is 0 Å². The maximum atomic E-state index is 14.0. The lowest BCUT2D eigenvalue weighted by atomic mass is 10.1. The number of carbonyl (C=O) groups excluding carboxylic acids is 1. The summed E-state index contributed by atoms with van der Waals surface area (Å²) in [7, 11) is 1.39.